The number of aliphatic hydroxyl groups is 1. The summed E-state index contributed by atoms with van der Waals surface area (Å²) in [5.74, 6) is 0.190. The molecule has 1 heterocycles. The summed E-state index contributed by atoms with van der Waals surface area (Å²) in [7, 11) is 1.25. The number of hydrogen-bond donors (Lipinski definition) is 2. The van der Waals surface area contributed by atoms with Crippen molar-refractivity contribution in [3.63, 3.8) is 0 Å². The van der Waals surface area contributed by atoms with Crippen molar-refractivity contribution in [2.75, 3.05) is 20.3 Å². The van der Waals surface area contributed by atoms with E-state index < -0.39 is 11.6 Å². The number of esters is 1. The minimum absolute atomic E-state index is 0.0164. The van der Waals surface area contributed by atoms with E-state index >= 15 is 0 Å². The second-order valence-corrected chi connectivity index (χ2v) is 4.55. The molecule has 2 N–H and O–H groups in total. The number of para-hydroxylation sites is 1. The van der Waals surface area contributed by atoms with Gasteiger partial charge in [0.05, 0.1) is 13.2 Å². The number of fused-ring (bicyclic) bond motifs is 1. The molecule has 0 fully saturated rings. The lowest BCUT2D eigenvalue weighted by Gasteiger charge is -2.22. The van der Waals surface area contributed by atoms with Crippen molar-refractivity contribution in [2.24, 2.45) is 0 Å². The van der Waals surface area contributed by atoms with Crippen LogP contribution < -0.4 is 10.1 Å². The molecule has 5 nitrogen and oxygen atoms in total. The molecule has 98 valence electrons. The van der Waals surface area contributed by atoms with Gasteiger partial charge in [-0.1, -0.05) is 18.2 Å². The molecule has 2 unspecified atom stereocenters. The Morgan fingerprint density at radius 3 is 3.06 bits per heavy atom. The van der Waals surface area contributed by atoms with Crippen molar-refractivity contribution in [1.82, 2.24) is 5.32 Å². The zero-order chi connectivity index (χ0) is 13.2. The Labute approximate surface area is 106 Å². The normalized spacial score (nSPS) is 20.7. The van der Waals surface area contributed by atoms with Gasteiger partial charge in [-0.25, -0.2) is 4.79 Å². The third-order valence-electron chi connectivity index (χ3n) is 3.02. The zero-order valence-electron chi connectivity index (χ0n) is 10.5. The van der Waals surface area contributed by atoms with Crippen LogP contribution in [0.25, 0.3) is 0 Å². The quantitative estimate of drug-likeness (QED) is 0.768. The Bertz CT molecular complexity index is 444. The predicted molar refractivity (Wildman–Crippen MR) is 65.3 cm³/mol. The van der Waals surface area contributed by atoms with Crippen LogP contribution in [0.5, 0.6) is 5.75 Å². The highest BCUT2D eigenvalue weighted by molar-refractivity contribution is 5.78. The third-order valence-corrected chi connectivity index (χ3v) is 3.02. The smallest absolute Gasteiger partial charge is 0.338 e. The summed E-state index contributed by atoms with van der Waals surface area (Å²) in [6.07, 6.45) is 0. The highest BCUT2D eigenvalue weighted by Crippen LogP contribution is 2.31. The number of hydrogen-bond acceptors (Lipinski definition) is 5. The number of methoxy groups -OCH3 is 1. The van der Waals surface area contributed by atoms with Crippen molar-refractivity contribution in [3.8, 4) is 5.75 Å². The summed E-state index contributed by atoms with van der Waals surface area (Å²) >= 11 is 0. The minimum Gasteiger partial charge on any atom is -0.491 e. The number of nitrogens with one attached hydrogen (secondary N) is 1. The SMILES string of the molecule is COC(=O)C(C)(O)CNC1COc2ccccc21. The molecule has 2 atom stereocenters. The summed E-state index contributed by atoms with van der Waals surface area (Å²) < 4.78 is 10.0. The molecule has 2 rings (SSSR count). The molecule has 1 aromatic carbocycles. The van der Waals surface area contributed by atoms with E-state index in [1.54, 1.807) is 0 Å². The van der Waals surface area contributed by atoms with Gasteiger partial charge in [0, 0.05) is 12.1 Å². The zero-order valence-corrected chi connectivity index (χ0v) is 10.5. The van der Waals surface area contributed by atoms with Crippen LogP contribution in [0.2, 0.25) is 0 Å². The van der Waals surface area contributed by atoms with Crippen LogP contribution in [0.1, 0.15) is 18.5 Å². The Balaban J connectivity index is 1.99. The number of ether oxygens (including phenoxy) is 2. The molecule has 0 radical (unpaired) electrons. The summed E-state index contributed by atoms with van der Waals surface area (Å²) in [6, 6.07) is 7.69. The third kappa shape index (κ3) is 2.47. The number of carbonyl (C=O) groups is 1. The van der Waals surface area contributed by atoms with Crippen LogP contribution >= 0.6 is 0 Å². The van der Waals surface area contributed by atoms with Gasteiger partial charge in [0.2, 0.25) is 0 Å². The van der Waals surface area contributed by atoms with Gasteiger partial charge in [-0.15, -0.1) is 0 Å². The first-order valence-corrected chi connectivity index (χ1v) is 5.80. The van der Waals surface area contributed by atoms with Crippen molar-refractivity contribution < 1.29 is 19.4 Å². The lowest BCUT2D eigenvalue weighted by molar-refractivity contribution is -0.160. The average Bonchev–Trinajstić information content (AvgIpc) is 2.78. The van der Waals surface area contributed by atoms with Crippen LogP contribution in [0.15, 0.2) is 24.3 Å². The van der Waals surface area contributed by atoms with Crippen LogP contribution in [-0.2, 0) is 9.53 Å². The lowest BCUT2D eigenvalue weighted by Crippen LogP contribution is -2.46. The van der Waals surface area contributed by atoms with Crippen LogP contribution in [0.3, 0.4) is 0 Å². The standard InChI is InChI=1S/C13H17NO4/c1-13(16,12(15)17-2)8-14-10-7-18-11-6-4-3-5-9(10)11/h3-6,10,14,16H,7-8H2,1-2H3. The fourth-order valence-corrected chi connectivity index (χ4v) is 1.95. The monoisotopic (exact) mass is 251 g/mol. The maximum Gasteiger partial charge on any atom is 0.338 e. The summed E-state index contributed by atoms with van der Waals surface area (Å²) in [4.78, 5) is 11.3. The number of rotatable bonds is 4. The average molecular weight is 251 g/mol. The van der Waals surface area contributed by atoms with E-state index in [4.69, 9.17) is 4.74 Å². The molecule has 18 heavy (non-hydrogen) atoms. The summed E-state index contributed by atoms with van der Waals surface area (Å²) in [5.41, 5.74) is -0.495. The molecule has 0 aromatic heterocycles. The van der Waals surface area contributed by atoms with Gasteiger partial charge in [-0.05, 0) is 13.0 Å². The lowest BCUT2D eigenvalue weighted by atomic mass is 10.0. The second kappa shape index (κ2) is 4.96. The highest BCUT2D eigenvalue weighted by atomic mass is 16.5. The Morgan fingerprint density at radius 1 is 1.61 bits per heavy atom. The van der Waals surface area contributed by atoms with E-state index in [9.17, 15) is 9.90 Å². The van der Waals surface area contributed by atoms with Crippen LogP contribution in [0.4, 0.5) is 0 Å². The molecule has 1 aliphatic rings. The number of benzene rings is 1. The fraction of sp³-hybridized carbons (Fsp3) is 0.462. The molecule has 1 aromatic rings. The van der Waals surface area contributed by atoms with E-state index in [0.717, 1.165) is 11.3 Å². The molecule has 0 saturated carbocycles. The first-order chi connectivity index (χ1) is 8.54. The molecule has 0 spiro atoms. The topological polar surface area (TPSA) is 67.8 Å². The maximum absolute atomic E-state index is 11.3. The van der Waals surface area contributed by atoms with Gasteiger partial charge >= 0.3 is 5.97 Å². The van der Waals surface area contributed by atoms with Gasteiger partial charge in [0.15, 0.2) is 5.60 Å². The molecule has 0 aliphatic carbocycles. The highest BCUT2D eigenvalue weighted by Gasteiger charge is 2.33. The van der Waals surface area contributed by atoms with Crippen molar-refractivity contribution in [3.05, 3.63) is 29.8 Å². The van der Waals surface area contributed by atoms with Gasteiger partial charge in [-0.2, -0.15) is 0 Å². The Morgan fingerprint density at radius 2 is 2.33 bits per heavy atom. The number of carbonyl (C=O) groups excluding carboxylic acids is 1. The minimum atomic E-state index is -1.54. The van der Waals surface area contributed by atoms with E-state index in [0.29, 0.717) is 6.61 Å². The largest absolute Gasteiger partial charge is 0.491 e. The second-order valence-electron chi connectivity index (χ2n) is 4.55. The predicted octanol–water partition coefficient (Wildman–Crippen LogP) is 0.634. The first-order valence-electron chi connectivity index (χ1n) is 5.80. The first kappa shape index (κ1) is 12.9. The molecular weight excluding hydrogens is 234 g/mol. The molecule has 0 amide bonds. The van der Waals surface area contributed by atoms with E-state index in [1.807, 2.05) is 24.3 Å². The molecule has 0 saturated heterocycles. The Kier molecular flexibility index (Phi) is 3.54. The maximum atomic E-state index is 11.3. The van der Waals surface area contributed by atoms with Crippen molar-refractivity contribution in [1.29, 1.82) is 0 Å². The Hall–Kier alpha value is -1.59. The molecule has 5 heteroatoms. The van der Waals surface area contributed by atoms with E-state index in [2.05, 4.69) is 10.1 Å². The fourth-order valence-electron chi connectivity index (χ4n) is 1.95. The van der Waals surface area contributed by atoms with E-state index in [-0.39, 0.29) is 12.6 Å². The van der Waals surface area contributed by atoms with Crippen LogP contribution in [-0.4, -0.2) is 36.9 Å². The molecule has 1 aliphatic heterocycles. The summed E-state index contributed by atoms with van der Waals surface area (Å²) in [5, 5.41) is 13.0. The summed E-state index contributed by atoms with van der Waals surface area (Å²) in [6.45, 7) is 2.03. The van der Waals surface area contributed by atoms with Gasteiger partial charge < -0.3 is 19.9 Å². The molecular formula is C13H17NO4. The van der Waals surface area contributed by atoms with Crippen molar-refractivity contribution >= 4 is 5.97 Å². The van der Waals surface area contributed by atoms with Gasteiger partial charge in [0.25, 0.3) is 0 Å². The van der Waals surface area contributed by atoms with Crippen LogP contribution in [0, 0.1) is 0 Å². The van der Waals surface area contributed by atoms with Gasteiger partial charge in [0.1, 0.15) is 12.4 Å². The van der Waals surface area contributed by atoms with E-state index in [1.165, 1.54) is 14.0 Å². The van der Waals surface area contributed by atoms with Gasteiger partial charge in [-0.3, -0.25) is 0 Å². The molecule has 0 bridgehead atoms. The van der Waals surface area contributed by atoms with Crippen molar-refractivity contribution in [2.45, 2.75) is 18.6 Å².